The third kappa shape index (κ3) is 6.36. The second kappa shape index (κ2) is 12.0. The molecule has 7 nitrogen and oxygen atoms in total. The van der Waals surface area contributed by atoms with E-state index >= 15 is 0 Å². The molecule has 5 rings (SSSR count). The highest BCUT2D eigenvalue weighted by atomic mass is 32.2. The molecule has 1 saturated heterocycles. The van der Waals surface area contributed by atoms with Crippen LogP contribution in [-0.4, -0.2) is 39.1 Å². The summed E-state index contributed by atoms with van der Waals surface area (Å²) in [7, 11) is 0. The Kier molecular flexibility index (Phi) is 8.12. The molecule has 0 spiro atoms. The number of benzene rings is 3. The number of halogens is 1. The first-order valence-corrected chi connectivity index (χ1v) is 13.2. The molecule has 1 fully saturated rings. The van der Waals surface area contributed by atoms with E-state index in [-0.39, 0.29) is 23.6 Å². The van der Waals surface area contributed by atoms with E-state index in [1.165, 1.54) is 23.9 Å². The van der Waals surface area contributed by atoms with Gasteiger partial charge in [0, 0.05) is 23.7 Å². The summed E-state index contributed by atoms with van der Waals surface area (Å²) in [5.41, 5.74) is 2.41. The number of carbonyl (C=O) groups excluding carboxylic acids is 1. The van der Waals surface area contributed by atoms with Crippen LogP contribution in [0.15, 0.2) is 90.1 Å². The summed E-state index contributed by atoms with van der Waals surface area (Å²) >= 11 is 1.37. The van der Waals surface area contributed by atoms with Gasteiger partial charge in [0.25, 0.3) is 0 Å². The van der Waals surface area contributed by atoms with Crippen molar-refractivity contribution in [3.8, 4) is 0 Å². The van der Waals surface area contributed by atoms with Crippen molar-refractivity contribution in [3.63, 3.8) is 0 Å². The van der Waals surface area contributed by atoms with E-state index in [4.69, 9.17) is 4.74 Å². The third-order valence-electron chi connectivity index (χ3n) is 6.10. The van der Waals surface area contributed by atoms with Crippen molar-refractivity contribution in [1.29, 1.82) is 0 Å². The molecule has 1 amide bonds. The third-order valence-corrected chi connectivity index (χ3v) is 7.05. The lowest BCUT2D eigenvalue weighted by Gasteiger charge is -2.23. The van der Waals surface area contributed by atoms with E-state index in [1.807, 2.05) is 65.2 Å². The van der Waals surface area contributed by atoms with E-state index in [0.717, 1.165) is 42.3 Å². The van der Waals surface area contributed by atoms with Crippen LogP contribution in [0.4, 0.5) is 21.5 Å². The second-order valence-electron chi connectivity index (χ2n) is 8.69. The molecule has 190 valence electrons. The van der Waals surface area contributed by atoms with Crippen LogP contribution in [0.25, 0.3) is 0 Å². The molecular formula is C28H28FN5O2S. The number of nitrogens with zero attached hydrogens (tertiary/aromatic N) is 4. The standard InChI is InChI=1S/C28H28FN5O2S/c29-21-13-15-22(16-14-21)30-18-26-31-32-28(33(26)19-25-12-7-17-36-25)37-20-27(35)34(23-8-3-1-4-9-23)24-10-5-2-6-11-24/h1-6,8-11,13-16,25,30H,7,12,17-20H2/t25-/m1/s1. The maximum absolute atomic E-state index is 13.5. The SMILES string of the molecule is O=C(CSc1nnc(CNc2ccc(F)cc2)n1C[C@H]1CCCO1)N(c1ccccc1)c1ccccc1. The Balaban J connectivity index is 1.33. The Morgan fingerprint density at radius 2 is 1.68 bits per heavy atom. The van der Waals surface area contributed by atoms with Gasteiger partial charge in [0.2, 0.25) is 5.91 Å². The first kappa shape index (κ1) is 25.0. The molecule has 1 aliphatic rings. The quantitative estimate of drug-likeness (QED) is 0.274. The molecule has 0 bridgehead atoms. The van der Waals surface area contributed by atoms with E-state index in [1.54, 1.807) is 17.0 Å². The summed E-state index contributed by atoms with van der Waals surface area (Å²) in [6.07, 6.45) is 2.09. The van der Waals surface area contributed by atoms with Crippen LogP contribution in [0.1, 0.15) is 18.7 Å². The van der Waals surface area contributed by atoms with Crippen molar-refractivity contribution in [2.24, 2.45) is 0 Å². The highest BCUT2D eigenvalue weighted by Gasteiger charge is 2.23. The first-order valence-electron chi connectivity index (χ1n) is 12.3. The van der Waals surface area contributed by atoms with Crippen molar-refractivity contribution in [3.05, 3.63) is 96.6 Å². The van der Waals surface area contributed by atoms with Gasteiger partial charge in [0.1, 0.15) is 5.82 Å². The van der Waals surface area contributed by atoms with Gasteiger partial charge in [-0.3, -0.25) is 9.69 Å². The van der Waals surface area contributed by atoms with Gasteiger partial charge in [-0.25, -0.2) is 4.39 Å². The average Bonchev–Trinajstić information content (AvgIpc) is 3.59. The van der Waals surface area contributed by atoms with Crippen LogP contribution in [0.3, 0.4) is 0 Å². The van der Waals surface area contributed by atoms with Crippen molar-refractivity contribution >= 4 is 34.7 Å². The molecular weight excluding hydrogens is 489 g/mol. The number of nitrogens with one attached hydrogen (secondary N) is 1. The Bertz CT molecular complexity index is 1260. The zero-order valence-corrected chi connectivity index (χ0v) is 21.1. The molecule has 0 aliphatic carbocycles. The summed E-state index contributed by atoms with van der Waals surface area (Å²) in [6, 6.07) is 25.5. The number of thioether (sulfide) groups is 1. The molecule has 0 saturated carbocycles. The Hall–Kier alpha value is -3.69. The fraction of sp³-hybridized carbons (Fsp3) is 0.250. The molecule has 4 aromatic rings. The van der Waals surface area contributed by atoms with Crippen molar-refractivity contribution in [1.82, 2.24) is 14.8 Å². The first-order chi connectivity index (χ1) is 18.2. The van der Waals surface area contributed by atoms with Crippen molar-refractivity contribution < 1.29 is 13.9 Å². The van der Waals surface area contributed by atoms with E-state index < -0.39 is 0 Å². The zero-order valence-electron chi connectivity index (χ0n) is 20.3. The van der Waals surface area contributed by atoms with Crippen LogP contribution in [0.5, 0.6) is 0 Å². The molecule has 0 unspecified atom stereocenters. The smallest absolute Gasteiger partial charge is 0.242 e. The number of amides is 1. The summed E-state index contributed by atoms with van der Waals surface area (Å²) in [4.78, 5) is 15.2. The average molecular weight is 518 g/mol. The number of para-hydroxylation sites is 2. The minimum atomic E-state index is -0.282. The summed E-state index contributed by atoms with van der Waals surface area (Å²) in [5, 5.41) is 12.8. The summed E-state index contributed by atoms with van der Waals surface area (Å²) in [5.74, 6) is 0.590. The maximum atomic E-state index is 13.5. The summed E-state index contributed by atoms with van der Waals surface area (Å²) in [6.45, 7) is 1.78. The Morgan fingerprint density at radius 1 is 1.00 bits per heavy atom. The number of aromatic nitrogens is 3. The lowest BCUT2D eigenvalue weighted by atomic mass is 10.2. The van der Waals surface area contributed by atoms with Crippen LogP contribution < -0.4 is 10.2 Å². The number of rotatable bonds is 10. The van der Waals surface area contributed by atoms with Gasteiger partial charge in [0.05, 0.1) is 24.9 Å². The maximum Gasteiger partial charge on any atom is 0.242 e. The van der Waals surface area contributed by atoms with Crippen molar-refractivity contribution in [2.45, 2.75) is 37.2 Å². The summed E-state index contributed by atoms with van der Waals surface area (Å²) < 4.78 is 21.2. The van der Waals surface area contributed by atoms with Gasteiger partial charge in [-0.1, -0.05) is 48.2 Å². The molecule has 9 heteroatoms. The molecule has 1 atom stereocenters. The fourth-order valence-electron chi connectivity index (χ4n) is 4.26. The highest BCUT2D eigenvalue weighted by molar-refractivity contribution is 7.99. The predicted molar refractivity (Wildman–Crippen MR) is 143 cm³/mol. The molecule has 0 radical (unpaired) electrons. The van der Waals surface area contributed by atoms with Crippen LogP contribution in [0, 0.1) is 5.82 Å². The predicted octanol–water partition coefficient (Wildman–Crippen LogP) is 5.67. The van der Waals surface area contributed by atoms with Crippen LogP contribution >= 0.6 is 11.8 Å². The van der Waals surface area contributed by atoms with Gasteiger partial charge in [-0.15, -0.1) is 10.2 Å². The van der Waals surface area contributed by atoms with Crippen LogP contribution in [-0.2, 0) is 22.6 Å². The number of ether oxygens (including phenoxy) is 1. The second-order valence-corrected chi connectivity index (χ2v) is 9.64. The Morgan fingerprint density at radius 3 is 2.30 bits per heavy atom. The van der Waals surface area contributed by atoms with Gasteiger partial charge in [-0.05, 0) is 61.4 Å². The largest absolute Gasteiger partial charge is 0.378 e. The minimum absolute atomic E-state index is 0.0555. The number of anilines is 3. The van der Waals surface area contributed by atoms with Crippen molar-refractivity contribution in [2.75, 3.05) is 22.6 Å². The Labute approximate surface area is 219 Å². The van der Waals surface area contributed by atoms with Gasteiger partial charge in [0.15, 0.2) is 11.0 Å². The molecule has 1 aliphatic heterocycles. The lowest BCUT2D eigenvalue weighted by Crippen LogP contribution is -2.28. The van der Waals surface area contributed by atoms with Gasteiger partial charge in [-0.2, -0.15) is 0 Å². The van der Waals surface area contributed by atoms with E-state index in [9.17, 15) is 9.18 Å². The van der Waals surface area contributed by atoms with E-state index in [2.05, 4.69) is 15.5 Å². The van der Waals surface area contributed by atoms with Gasteiger partial charge >= 0.3 is 0 Å². The molecule has 37 heavy (non-hydrogen) atoms. The fourth-order valence-corrected chi connectivity index (χ4v) is 5.08. The zero-order chi connectivity index (χ0) is 25.5. The number of hydrogen-bond donors (Lipinski definition) is 1. The normalized spacial score (nSPS) is 15.0. The topological polar surface area (TPSA) is 72.3 Å². The molecule has 1 aromatic heterocycles. The molecule has 3 aromatic carbocycles. The minimum Gasteiger partial charge on any atom is -0.378 e. The number of hydrogen-bond acceptors (Lipinski definition) is 6. The lowest BCUT2D eigenvalue weighted by molar-refractivity contribution is -0.115. The van der Waals surface area contributed by atoms with E-state index in [0.29, 0.717) is 18.2 Å². The van der Waals surface area contributed by atoms with Gasteiger partial charge < -0.3 is 14.6 Å². The number of carbonyl (C=O) groups is 1. The monoisotopic (exact) mass is 517 g/mol. The highest BCUT2D eigenvalue weighted by Crippen LogP contribution is 2.28. The molecule has 2 heterocycles. The molecule has 1 N–H and O–H groups in total. The van der Waals surface area contributed by atoms with Crippen LogP contribution in [0.2, 0.25) is 0 Å².